The van der Waals surface area contributed by atoms with E-state index in [9.17, 15) is 0 Å². The van der Waals surface area contributed by atoms with Crippen LogP contribution in [0.1, 0.15) is 19.5 Å². The summed E-state index contributed by atoms with van der Waals surface area (Å²) in [5.41, 5.74) is 2.17. The maximum Gasteiger partial charge on any atom is 0.132 e. The molecule has 17 heavy (non-hydrogen) atoms. The smallest absolute Gasteiger partial charge is 0.132 e. The van der Waals surface area contributed by atoms with E-state index in [2.05, 4.69) is 42.0 Å². The Bertz CT molecular complexity index is 469. The average molecular weight is 229 g/mol. The first-order valence-electron chi connectivity index (χ1n) is 6.13. The van der Waals surface area contributed by atoms with Crippen molar-refractivity contribution in [1.29, 1.82) is 0 Å². The molecule has 0 unspecified atom stereocenters. The maximum atomic E-state index is 4.57. The van der Waals surface area contributed by atoms with Crippen molar-refractivity contribution < 1.29 is 0 Å². The van der Waals surface area contributed by atoms with Gasteiger partial charge in [-0.15, -0.1) is 0 Å². The van der Waals surface area contributed by atoms with Crippen LogP contribution in [0.2, 0.25) is 0 Å². The third kappa shape index (κ3) is 2.33. The molecular formula is C14H19N3. The molecule has 0 saturated carbocycles. The van der Waals surface area contributed by atoms with Crippen molar-refractivity contribution in [2.24, 2.45) is 0 Å². The van der Waals surface area contributed by atoms with Crippen molar-refractivity contribution in [1.82, 2.24) is 9.78 Å². The first-order chi connectivity index (χ1) is 8.26. The number of nitrogens with zero attached hydrogens (tertiary/aromatic N) is 3. The van der Waals surface area contributed by atoms with E-state index in [4.69, 9.17) is 0 Å². The summed E-state index contributed by atoms with van der Waals surface area (Å²) in [6.07, 6.45) is 0. The second-order valence-corrected chi connectivity index (χ2v) is 4.06. The summed E-state index contributed by atoms with van der Waals surface area (Å²) in [5.74, 6) is 1.17. The standard InChI is InChI=1S/C14H19N3/c1-4-16(5-2)14-11-12(3)15-17(14)13-9-7-6-8-10-13/h6-11H,4-5H2,1-3H3. The molecule has 0 aliphatic carbocycles. The van der Waals surface area contributed by atoms with Crippen LogP contribution in [-0.4, -0.2) is 22.9 Å². The Hall–Kier alpha value is -1.77. The summed E-state index contributed by atoms with van der Waals surface area (Å²) in [5, 5.41) is 4.57. The van der Waals surface area contributed by atoms with Crippen molar-refractivity contribution in [3.63, 3.8) is 0 Å². The van der Waals surface area contributed by atoms with Crippen LogP contribution in [0.3, 0.4) is 0 Å². The largest absolute Gasteiger partial charge is 0.357 e. The fourth-order valence-electron chi connectivity index (χ4n) is 2.02. The lowest BCUT2D eigenvalue weighted by Crippen LogP contribution is -2.24. The molecular weight excluding hydrogens is 210 g/mol. The van der Waals surface area contributed by atoms with Gasteiger partial charge in [0.1, 0.15) is 5.82 Å². The molecule has 1 aromatic carbocycles. The van der Waals surface area contributed by atoms with Gasteiger partial charge >= 0.3 is 0 Å². The normalized spacial score (nSPS) is 10.5. The van der Waals surface area contributed by atoms with E-state index in [0.717, 1.165) is 24.5 Å². The highest BCUT2D eigenvalue weighted by Gasteiger charge is 2.11. The Kier molecular flexibility index (Phi) is 3.47. The molecule has 1 heterocycles. The molecule has 0 spiro atoms. The van der Waals surface area contributed by atoms with Gasteiger partial charge in [0.05, 0.1) is 11.4 Å². The first kappa shape index (κ1) is 11.7. The lowest BCUT2D eigenvalue weighted by molar-refractivity contribution is 0.781. The number of rotatable bonds is 4. The SMILES string of the molecule is CCN(CC)c1cc(C)nn1-c1ccccc1. The minimum Gasteiger partial charge on any atom is -0.357 e. The summed E-state index contributed by atoms with van der Waals surface area (Å²) in [6.45, 7) is 8.36. The number of benzene rings is 1. The van der Waals surface area contributed by atoms with Gasteiger partial charge in [-0.25, -0.2) is 4.68 Å². The molecule has 3 heteroatoms. The number of hydrogen-bond donors (Lipinski definition) is 0. The van der Waals surface area contributed by atoms with Crippen LogP contribution < -0.4 is 4.90 Å². The number of aromatic nitrogens is 2. The fraction of sp³-hybridized carbons (Fsp3) is 0.357. The Morgan fingerprint density at radius 1 is 1.12 bits per heavy atom. The van der Waals surface area contributed by atoms with Gasteiger partial charge in [0.25, 0.3) is 0 Å². The molecule has 0 fully saturated rings. The molecule has 0 atom stereocenters. The number of anilines is 1. The molecule has 3 nitrogen and oxygen atoms in total. The molecule has 0 saturated heterocycles. The van der Waals surface area contributed by atoms with Crippen molar-refractivity contribution in [2.45, 2.75) is 20.8 Å². The second-order valence-electron chi connectivity index (χ2n) is 4.06. The van der Waals surface area contributed by atoms with Gasteiger partial charge in [0, 0.05) is 19.2 Å². The van der Waals surface area contributed by atoms with Gasteiger partial charge in [-0.1, -0.05) is 18.2 Å². The van der Waals surface area contributed by atoms with E-state index in [1.807, 2.05) is 29.8 Å². The molecule has 0 N–H and O–H groups in total. The van der Waals surface area contributed by atoms with E-state index >= 15 is 0 Å². The maximum absolute atomic E-state index is 4.57. The van der Waals surface area contributed by atoms with Gasteiger partial charge < -0.3 is 4.90 Å². The molecule has 2 rings (SSSR count). The Labute approximate surface area is 103 Å². The van der Waals surface area contributed by atoms with E-state index in [-0.39, 0.29) is 0 Å². The molecule has 0 radical (unpaired) electrons. The third-order valence-electron chi connectivity index (χ3n) is 2.90. The predicted molar refractivity (Wildman–Crippen MR) is 71.9 cm³/mol. The molecule has 0 aliphatic rings. The molecule has 2 aromatic rings. The summed E-state index contributed by atoms with van der Waals surface area (Å²) in [7, 11) is 0. The van der Waals surface area contributed by atoms with Crippen molar-refractivity contribution in [2.75, 3.05) is 18.0 Å². The highest BCUT2D eigenvalue weighted by Crippen LogP contribution is 2.20. The van der Waals surface area contributed by atoms with E-state index in [1.54, 1.807) is 0 Å². The van der Waals surface area contributed by atoms with Crippen molar-refractivity contribution >= 4 is 5.82 Å². The molecule has 0 amide bonds. The zero-order valence-electron chi connectivity index (χ0n) is 10.7. The van der Waals surface area contributed by atoms with Crippen LogP contribution in [0, 0.1) is 6.92 Å². The molecule has 90 valence electrons. The summed E-state index contributed by atoms with van der Waals surface area (Å²) in [4.78, 5) is 2.31. The van der Waals surface area contributed by atoms with Gasteiger partial charge in [0.15, 0.2) is 0 Å². The Morgan fingerprint density at radius 2 is 1.76 bits per heavy atom. The minimum atomic E-state index is 0.995. The third-order valence-corrected chi connectivity index (χ3v) is 2.90. The first-order valence-corrected chi connectivity index (χ1v) is 6.13. The van der Waals surface area contributed by atoms with E-state index < -0.39 is 0 Å². The highest BCUT2D eigenvalue weighted by atomic mass is 15.4. The Balaban J connectivity index is 2.47. The van der Waals surface area contributed by atoms with Crippen LogP contribution in [-0.2, 0) is 0 Å². The van der Waals surface area contributed by atoms with Gasteiger partial charge in [-0.05, 0) is 32.9 Å². The molecule has 0 aliphatic heterocycles. The number of hydrogen-bond acceptors (Lipinski definition) is 2. The van der Waals surface area contributed by atoms with Crippen LogP contribution >= 0.6 is 0 Å². The quantitative estimate of drug-likeness (QED) is 0.803. The fourth-order valence-corrected chi connectivity index (χ4v) is 2.02. The zero-order chi connectivity index (χ0) is 12.3. The topological polar surface area (TPSA) is 21.1 Å². The van der Waals surface area contributed by atoms with Crippen LogP contribution in [0.5, 0.6) is 0 Å². The lowest BCUT2D eigenvalue weighted by atomic mass is 10.3. The monoisotopic (exact) mass is 229 g/mol. The van der Waals surface area contributed by atoms with Crippen LogP contribution in [0.25, 0.3) is 5.69 Å². The molecule has 0 bridgehead atoms. The minimum absolute atomic E-state index is 0.995. The predicted octanol–water partition coefficient (Wildman–Crippen LogP) is 3.03. The van der Waals surface area contributed by atoms with Crippen LogP contribution in [0.4, 0.5) is 5.82 Å². The second kappa shape index (κ2) is 5.04. The number of aryl methyl sites for hydroxylation is 1. The van der Waals surface area contributed by atoms with Gasteiger partial charge in [0.2, 0.25) is 0 Å². The molecule has 1 aromatic heterocycles. The summed E-state index contributed by atoms with van der Waals surface area (Å²) in [6, 6.07) is 12.4. The Morgan fingerprint density at radius 3 is 2.35 bits per heavy atom. The highest BCUT2D eigenvalue weighted by molar-refractivity contribution is 5.48. The van der Waals surface area contributed by atoms with Crippen LogP contribution in [0.15, 0.2) is 36.4 Å². The van der Waals surface area contributed by atoms with Crippen molar-refractivity contribution in [3.8, 4) is 5.69 Å². The van der Waals surface area contributed by atoms with Crippen molar-refractivity contribution in [3.05, 3.63) is 42.1 Å². The average Bonchev–Trinajstić information content (AvgIpc) is 2.74. The van der Waals surface area contributed by atoms with Gasteiger partial charge in [-0.2, -0.15) is 5.10 Å². The summed E-state index contributed by atoms with van der Waals surface area (Å²) < 4.78 is 2.02. The van der Waals surface area contributed by atoms with E-state index in [1.165, 1.54) is 5.82 Å². The van der Waals surface area contributed by atoms with Gasteiger partial charge in [-0.3, -0.25) is 0 Å². The van der Waals surface area contributed by atoms with E-state index in [0.29, 0.717) is 0 Å². The number of para-hydroxylation sites is 1. The summed E-state index contributed by atoms with van der Waals surface area (Å²) >= 11 is 0. The lowest BCUT2D eigenvalue weighted by Gasteiger charge is -2.21. The zero-order valence-corrected chi connectivity index (χ0v) is 10.7.